The highest BCUT2D eigenvalue weighted by Crippen LogP contribution is 2.21. The predicted octanol–water partition coefficient (Wildman–Crippen LogP) is 3.54. The van der Waals surface area contributed by atoms with Crippen LogP contribution in [-0.4, -0.2) is 94.2 Å². The molecule has 0 aromatic heterocycles. The molecule has 1 N–H and O–H groups in total. The van der Waals surface area contributed by atoms with Gasteiger partial charge in [0.05, 0.1) is 19.8 Å². The van der Waals surface area contributed by atoms with E-state index in [9.17, 15) is 27.9 Å². The zero-order valence-corrected chi connectivity index (χ0v) is 20.1. The third-order valence-electron chi connectivity index (χ3n) is 4.64. The molecule has 1 atom stereocenters. The molecule has 0 heterocycles. The van der Waals surface area contributed by atoms with Crippen molar-refractivity contribution in [2.45, 2.75) is 38.5 Å². The molecule has 12 heteroatoms. The number of ether oxygens (including phenoxy) is 5. The summed E-state index contributed by atoms with van der Waals surface area (Å²) < 4.78 is 62.6. The first-order valence-corrected chi connectivity index (χ1v) is 11.3. The van der Waals surface area contributed by atoms with Crippen LogP contribution in [0.4, 0.5) is 18.0 Å². The Morgan fingerprint density at radius 3 is 2.31 bits per heavy atom. The van der Waals surface area contributed by atoms with E-state index in [1.54, 1.807) is 31.2 Å². The maximum absolute atomic E-state index is 12.3. The number of carbonyl (C=O) groups excluding carboxylic acids is 1. The van der Waals surface area contributed by atoms with Crippen molar-refractivity contribution in [2.75, 3.05) is 59.8 Å². The third-order valence-corrected chi connectivity index (χ3v) is 4.64. The van der Waals surface area contributed by atoms with Crippen LogP contribution < -0.4 is 4.74 Å². The summed E-state index contributed by atoms with van der Waals surface area (Å²) in [5.41, 5.74) is 0.768. The third kappa shape index (κ3) is 14.4. The van der Waals surface area contributed by atoms with Crippen LogP contribution in [0.25, 0.3) is 0 Å². The Morgan fingerprint density at radius 2 is 1.71 bits per heavy atom. The minimum absolute atomic E-state index is 0.0521. The van der Waals surface area contributed by atoms with Gasteiger partial charge in [-0.1, -0.05) is 12.1 Å². The lowest BCUT2D eigenvalue weighted by molar-refractivity contribution is -0.150. The first-order chi connectivity index (χ1) is 16.7. The summed E-state index contributed by atoms with van der Waals surface area (Å²) in [6.07, 6.45) is -6.63. The number of rotatable bonds is 18. The number of benzene rings is 1. The van der Waals surface area contributed by atoms with E-state index in [4.69, 9.17) is 23.7 Å². The van der Waals surface area contributed by atoms with Crippen LogP contribution in [-0.2, 0) is 30.2 Å². The average Bonchev–Trinajstić information content (AvgIpc) is 2.80. The summed E-state index contributed by atoms with van der Waals surface area (Å²) in [6.45, 7) is 2.69. The van der Waals surface area contributed by atoms with Gasteiger partial charge in [-0.3, -0.25) is 0 Å². The maximum atomic E-state index is 12.3. The average molecular weight is 510 g/mol. The second-order valence-electron chi connectivity index (χ2n) is 7.40. The summed E-state index contributed by atoms with van der Waals surface area (Å²) >= 11 is 0. The SMILES string of the molecule is CCOC(Cc1ccc(OCCN(CCOCCCC(F)(F)F)C(=O)OCCOC)cc1)C(=O)O. The topological polar surface area (TPSA) is 104 Å². The number of alkyl halides is 3. The number of carboxylic acids is 1. The van der Waals surface area contributed by atoms with Crippen molar-refractivity contribution in [1.82, 2.24) is 4.90 Å². The standard InChI is InChI=1S/C23H34F3NO8/c1-3-33-20(21(28)29)17-18-5-7-19(8-6-18)34-14-11-27(22(30)35-16-15-31-2)10-13-32-12-4-9-23(24,25)26/h5-8,20H,3-4,9-17H2,1-2H3,(H,28,29). The molecule has 1 amide bonds. The molecule has 0 saturated heterocycles. The molecule has 200 valence electrons. The number of methoxy groups -OCH3 is 1. The summed E-state index contributed by atoms with van der Waals surface area (Å²) in [6, 6.07) is 6.84. The zero-order valence-electron chi connectivity index (χ0n) is 20.1. The molecule has 0 radical (unpaired) electrons. The van der Waals surface area contributed by atoms with Gasteiger partial charge in [0.2, 0.25) is 0 Å². The van der Waals surface area contributed by atoms with Crippen molar-refractivity contribution in [2.24, 2.45) is 0 Å². The lowest BCUT2D eigenvalue weighted by atomic mass is 10.1. The monoisotopic (exact) mass is 509 g/mol. The lowest BCUT2D eigenvalue weighted by Gasteiger charge is -2.22. The van der Waals surface area contributed by atoms with Gasteiger partial charge in [-0.05, 0) is 31.0 Å². The second-order valence-corrected chi connectivity index (χ2v) is 7.40. The fourth-order valence-electron chi connectivity index (χ4n) is 2.88. The van der Waals surface area contributed by atoms with Crippen molar-refractivity contribution in [3.8, 4) is 5.75 Å². The molecule has 0 fully saturated rings. The normalized spacial score (nSPS) is 12.3. The van der Waals surface area contributed by atoms with Gasteiger partial charge in [-0.25, -0.2) is 9.59 Å². The van der Waals surface area contributed by atoms with Crippen LogP contribution in [0, 0.1) is 0 Å². The minimum atomic E-state index is -4.22. The summed E-state index contributed by atoms with van der Waals surface area (Å²) in [7, 11) is 1.47. The highest BCUT2D eigenvalue weighted by Gasteiger charge is 2.26. The van der Waals surface area contributed by atoms with E-state index in [2.05, 4.69) is 0 Å². The Hall–Kier alpha value is -2.57. The number of halogens is 3. The molecule has 0 saturated carbocycles. The largest absolute Gasteiger partial charge is 0.492 e. The van der Waals surface area contributed by atoms with Crippen molar-refractivity contribution in [3.05, 3.63) is 29.8 Å². The minimum Gasteiger partial charge on any atom is -0.492 e. The van der Waals surface area contributed by atoms with Crippen LogP contribution in [0.15, 0.2) is 24.3 Å². The molecule has 0 aliphatic carbocycles. The van der Waals surface area contributed by atoms with Crippen LogP contribution in [0.3, 0.4) is 0 Å². The first-order valence-electron chi connectivity index (χ1n) is 11.3. The fraction of sp³-hybridized carbons (Fsp3) is 0.652. The van der Waals surface area contributed by atoms with Gasteiger partial charge in [0.15, 0.2) is 6.10 Å². The molecular weight excluding hydrogens is 475 g/mol. The van der Waals surface area contributed by atoms with Crippen molar-refractivity contribution in [3.63, 3.8) is 0 Å². The van der Waals surface area contributed by atoms with Gasteiger partial charge in [0.25, 0.3) is 0 Å². The molecule has 1 aromatic rings. The molecule has 1 unspecified atom stereocenters. The molecule has 0 spiro atoms. The zero-order chi connectivity index (χ0) is 26.1. The molecule has 35 heavy (non-hydrogen) atoms. The molecule has 1 aromatic carbocycles. The van der Waals surface area contributed by atoms with E-state index < -0.39 is 30.8 Å². The van der Waals surface area contributed by atoms with E-state index in [0.29, 0.717) is 12.4 Å². The molecule has 9 nitrogen and oxygen atoms in total. The Labute approximate surface area is 203 Å². The van der Waals surface area contributed by atoms with Gasteiger partial charge in [-0.2, -0.15) is 13.2 Å². The van der Waals surface area contributed by atoms with Crippen LogP contribution in [0.5, 0.6) is 5.75 Å². The summed E-state index contributed by atoms with van der Waals surface area (Å²) in [4.78, 5) is 24.9. The van der Waals surface area contributed by atoms with Crippen molar-refractivity contribution in [1.29, 1.82) is 0 Å². The molecule has 0 aliphatic heterocycles. The molecule has 0 aliphatic rings. The number of carboxylic acid groups (broad SMARTS) is 1. The lowest BCUT2D eigenvalue weighted by Crippen LogP contribution is -2.38. The number of carbonyl (C=O) groups is 2. The quantitative estimate of drug-likeness (QED) is 0.300. The van der Waals surface area contributed by atoms with Crippen molar-refractivity contribution >= 4 is 12.1 Å². The predicted molar refractivity (Wildman–Crippen MR) is 120 cm³/mol. The van der Waals surface area contributed by atoms with Crippen molar-refractivity contribution < 1.29 is 51.6 Å². The number of hydrogen-bond acceptors (Lipinski definition) is 7. The van der Waals surface area contributed by atoms with Gasteiger partial charge < -0.3 is 33.7 Å². The highest BCUT2D eigenvalue weighted by molar-refractivity contribution is 5.72. The maximum Gasteiger partial charge on any atom is 0.410 e. The Balaban J connectivity index is 2.51. The Bertz CT molecular complexity index is 730. The number of hydrogen-bond donors (Lipinski definition) is 1. The van der Waals surface area contributed by atoms with E-state index in [0.717, 1.165) is 5.56 Å². The van der Waals surface area contributed by atoms with Gasteiger partial charge >= 0.3 is 18.2 Å². The Kier molecular flexibility index (Phi) is 14.8. The van der Waals surface area contributed by atoms with E-state index in [1.165, 1.54) is 12.0 Å². The number of nitrogens with zero attached hydrogens (tertiary/aromatic N) is 1. The number of amides is 1. The van der Waals surface area contributed by atoms with Gasteiger partial charge in [0, 0.05) is 39.7 Å². The second kappa shape index (κ2) is 17.0. The van der Waals surface area contributed by atoms with Crippen LogP contribution in [0.1, 0.15) is 25.3 Å². The molecular formula is C23H34F3NO8. The van der Waals surface area contributed by atoms with Crippen LogP contribution >= 0.6 is 0 Å². The fourth-order valence-corrected chi connectivity index (χ4v) is 2.88. The van der Waals surface area contributed by atoms with E-state index in [-0.39, 0.29) is 59.0 Å². The first kappa shape index (κ1) is 30.5. The molecule has 1 rings (SSSR count). The Morgan fingerprint density at radius 1 is 1.03 bits per heavy atom. The van der Waals surface area contributed by atoms with Gasteiger partial charge in [-0.15, -0.1) is 0 Å². The smallest absolute Gasteiger partial charge is 0.410 e. The molecule has 0 bridgehead atoms. The van der Waals surface area contributed by atoms with Gasteiger partial charge in [0.1, 0.15) is 19.0 Å². The summed E-state index contributed by atoms with van der Waals surface area (Å²) in [5, 5.41) is 9.18. The van der Waals surface area contributed by atoms with E-state index in [1.807, 2.05) is 0 Å². The van der Waals surface area contributed by atoms with Crippen LogP contribution in [0.2, 0.25) is 0 Å². The van der Waals surface area contributed by atoms with E-state index >= 15 is 0 Å². The number of aliphatic carboxylic acids is 1. The summed E-state index contributed by atoms with van der Waals surface area (Å²) in [5.74, 6) is -0.512. The highest BCUT2D eigenvalue weighted by atomic mass is 19.4.